The molecule has 0 fully saturated rings. The molecule has 0 aliphatic heterocycles. The molecule has 3 aromatic rings. The molecule has 23 heavy (non-hydrogen) atoms. The van der Waals surface area contributed by atoms with E-state index in [1.54, 1.807) is 18.2 Å². The Bertz CT molecular complexity index is 828. The van der Waals surface area contributed by atoms with E-state index >= 15 is 0 Å². The third-order valence-electron chi connectivity index (χ3n) is 2.94. The van der Waals surface area contributed by atoms with Gasteiger partial charge in [0.15, 0.2) is 0 Å². The van der Waals surface area contributed by atoms with Crippen LogP contribution in [0.25, 0.3) is 0 Å². The van der Waals surface area contributed by atoms with Crippen molar-refractivity contribution in [2.75, 3.05) is 0 Å². The highest BCUT2D eigenvalue weighted by molar-refractivity contribution is 7.99. The maximum Gasteiger partial charge on any atom is 0.268 e. The van der Waals surface area contributed by atoms with Gasteiger partial charge >= 0.3 is 0 Å². The predicted octanol–water partition coefficient (Wildman–Crippen LogP) is 3.20. The summed E-state index contributed by atoms with van der Waals surface area (Å²) >= 11 is 7.28. The van der Waals surface area contributed by atoms with Gasteiger partial charge in [-0.2, -0.15) is 0 Å². The average Bonchev–Trinajstić information content (AvgIpc) is 3.21. The fourth-order valence-corrected chi connectivity index (χ4v) is 2.86. The molecule has 0 bridgehead atoms. The largest absolute Gasteiger partial charge is 0.468 e. The lowest BCUT2D eigenvalue weighted by Gasteiger charge is -2.02. The van der Waals surface area contributed by atoms with Gasteiger partial charge in [0.05, 0.1) is 17.6 Å². The second-order valence-electron chi connectivity index (χ2n) is 4.52. The zero-order valence-corrected chi connectivity index (χ0v) is 13.2. The predicted molar refractivity (Wildman–Crippen MR) is 83.7 cm³/mol. The molecule has 0 aliphatic rings. The molecule has 0 unspecified atom stereocenters. The summed E-state index contributed by atoms with van der Waals surface area (Å²) in [5.74, 6) is -1.09. The molecule has 3 rings (SSSR count). The summed E-state index contributed by atoms with van der Waals surface area (Å²) in [4.78, 5) is 29.3. The Labute approximate surface area is 140 Å². The molecule has 1 N–H and O–H groups in total. The lowest BCUT2D eigenvalue weighted by Crippen LogP contribution is -2.18. The number of rotatable bonds is 6. The second-order valence-corrected chi connectivity index (χ2v) is 6.07. The zero-order chi connectivity index (χ0) is 16.2. The summed E-state index contributed by atoms with van der Waals surface area (Å²) < 4.78 is 5.33. The van der Waals surface area contributed by atoms with Crippen LogP contribution in [0.4, 0.5) is 0 Å². The van der Waals surface area contributed by atoms with E-state index in [1.807, 2.05) is 12.1 Å². The average molecular weight is 348 g/mol. The minimum absolute atomic E-state index is 0.143. The van der Waals surface area contributed by atoms with Crippen molar-refractivity contribution in [1.29, 1.82) is 0 Å². The number of nitrogens with zero attached hydrogens (tertiary/aromatic N) is 2. The number of hydrogen-bond acceptors (Lipinski definition) is 6. The second kappa shape index (κ2) is 6.80. The van der Waals surface area contributed by atoms with E-state index in [0.29, 0.717) is 10.8 Å². The fraction of sp³-hybridized carbons (Fsp3) is 0.0667. The van der Waals surface area contributed by atoms with Gasteiger partial charge in [0.25, 0.3) is 5.78 Å². The van der Waals surface area contributed by atoms with Crippen molar-refractivity contribution in [2.45, 2.75) is 16.2 Å². The summed E-state index contributed by atoms with van der Waals surface area (Å²) in [7, 11) is 0. The first-order valence-electron chi connectivity index (χ1n) is 6.56. The highest BCUT2D eigenvalue weighted by atomic mass is 35.5. The van der Waals surface area contributed by atoms with Crippen molar-refractivity contribution in [3.8, 4) is 0 Å². The van der Waals surface area contributed by atoms with Crippen molar-refractivity contribution in [1.82, 2.24) is 15.2 Å². The first-order chi connectivity index (χ1) is 11.1. The Morgan fingerprint density at radius 3 is 2.70 bits per heavy atom. The summed E-state index contributed by atoms with van der Waals surface area (Å²) in [5.41, 5.74) is 0. The van der Waals surface area contributed by atoms with Gasteiger partial charge in [0.1, 0.15) is 12.1 Å². The molecule has 116 valence electrons. The minimum atomic E-state index is -0.745. The van der Waals surface area contributed by atoms with Gasteiger partial charge in [-0.3, -0.25) is 14.7 Å². The number of nitrogens with one attached hydrogen (secondary N) is 1. The summed E-state index contributed by atoms with van der Waals surface area (Å²) in [6.45, 7) is 0. The van der Waals surface area contributed by atoms with Crippen LogP contribution >= 0.6 is 23.4 Å². The van der Waals surface area contributed by atoms with E-state index in [2.05, 4.69) is 15.2 Å². The Balaban J connectivity index is 1.72. The monoisotopic (exact) mass is 347 g/mol. The van der Waals surface area contributed by atoms with Crippen molar-refractivity contribution in [2.24, 2.45) is 0 Å². The lowest BCUT2D eigenvalue weighted by atomic mass is 10.1. The highest BCUT2D eigenvalue weighted by Crippen LogP contribution is 2.32. The zero-order valence-electron chi connectivity index (χ0n) is 11.7. The van der Waals surface area contributed by atoms with Gasteiger partial charge in [-0.05, 0) is 30.3 Å². The van der Waals surface area contributed by atoms with E-state index in [-0.39, 0.29) is 12.2 Å². The Hall–Kier alpha value is -2.38. The van der Waals surface area contributed by atoms with Crippen LogP contribution in [-0.4, -0.2) is 26.7 Å². The number of halogens is 1. The van der Waals surface area contributed by atoms with Gasteiger partial charge in [-0.15, -0.1) is 5.10 Å². The van der Waals surface area contributed by atoms with Gasteiger partial charge in [-0.25, -0.2) is 4.98 Å². The van der Waals surface area contributed by atoms with Crippen LogP contribution in [0.2, 0.25) is 5.02 Å². The van der Waals surface area contributed by atoms with E-state index in [9.17, 15) is 9.59 Å². The first kappa shape index (κ1) is 15.5. The summed E-state index contributed by atoms with van der Waals surface area (Å²) in [6, 6.07) is 9.04. The molecular weight excluding hydrogens is 338 g/mol. The highest BCUT2D eigenvalue weighted by Gasteiger charge is 2.22. The number of H-pyrrole nitrogens is 1. The first-order valence-corrected chi connectivity index (χ1v) is 7.76. The Morgan fingerprint density at radius 1 is 1.22 bits per heavy atom. The van der Waals surface area contributed by atoms with E-state index in [4.69, 9.17) is 16.0 Å². The number of carbonyl (C=O) groups excluding carboxylic acids is 2. The molecule has 0 spiro atoms. The molecule has 0 saturated carbocycles. The molecule has 0 saturated heterocycles. The van der Waals surface area contributed by atoms with Crippen LogP contribution in [0.3, 0.4) is 0 Å². The van der Waals surface area contributed by atoms with Gasteiger partial charge in [-0.1, -0.05) is 23.4 Å². The van der Waals surface area contributed by atoms with E-state index < -0.39 is 11.6 Å². The van der Waals surface area contributed by atoms with Gasteiger partial charge < -0.3 is 4.42 Å². The molecule has 0 aliphatic carbocycles. The molecule has 6 nitrogen and oxygen atoms in total. The third kappa shape index (κ3) is 3.69. The standard InChI is InChI=1S/C15H10ClN3O3S/c16-9-1-3-10(4-2-9)23-13-5-6-22-12(13)7-11(20)14(21)15-17-8-18-19-15/h1-6,8H,7H2,(H,17,18,19). The number of carbonyl (C=O) groups is 2. The van der Waals surface area contributed by atoms with E-state index in [0.717, 1.165) is 9.79 Å². The third-order valence-corrected chi connectivity index (χ3v) is 4.28. The van der Waals surface area contributed by atoms with Crippen molar-refractivity contribution >= 4 is 34.9 Å². The van der Waals surface area contributed by atoms with Crippen LogP contribution < -0.4 is 0 Å². The number of Topliss-reactive ketones (excluding diaryl/α,β-unsaturated/α-hetero) is 2. The van der Waals surface area contributed by atoms with Crippen molar-refractivity contribution in [3.63, 3.8) is 0 Å². The smallest absolute Gasteiger partial charge is 0.268 e. The fourth-order valence-electron chi connectivity index (χ4n) is 1.85. The Kier molecular flexibility index (Phi) is 4.59. The minimum Gasteiger partial charge on any atom is -0.468 e. The topological polar surface area (TPSA) is 88.9 Å². The number of benzene rings is 1. The van der Waals surface area contributed by atoms with Crippen LogP contribution in [0.1, 0.15) is 16.4 Å². The molecule has 1 aromatic carbocycles. The molecule has 0 radical (unpaired) electrons. The Morgan fingerprint density at radius 2 is 2.00 bits per heavy atom. The van der Waals surface area contributed by atoms with Crippen LogP contribution in [0.5, 0.6) is 0 Å². The van der Waals surface area contributed by atoms with E-state index in [1.165, 1.54) is 24.4 Å². The molecular formula is C15H10ClN3O3S. The van der Waals surface area contributed by atoms with Gasteiger partial charge in [0, 0.05) is 9.92 Å². The SMILES string of the molecule is O=C(Cc1occc1Sc1ccc(Cl)cc1)C(=O)c1nc[nH]n1. The van der Waals surface area contributed by atoms with Crippen molar-refractivity contribution in [3.05, 3.63) is 59.5 Å². The number of furan rings is 1. The van der Waals surface area contributed by atoms with Crippen LogP contribution in [0, 0.1) is 0 Å². The molecule has 2 aromatic heterocycles. The molecule has 0 atom stereocenters. The maximum absolute atomic E-state index is 12.0. The number of aromatic amines is 1. The van der Waals surface area contributed by atoms with Gasteiger partial charge in [0.2, 0.25) is 11.6 Å². The number of ketones is 2. The lowest BCUT2D eigenvalue weighted by molar-refractivity contribution is -0.114. The quantitative estimate of drug-likeness (QED) is 0.544. The molecule has 8 heteroatoms. The molecule has 0 amide bonds. The summed E-state index contributed by atoms with van der Waals surface area (Å²) in [5, 5.41) is 6.66. The number of hydrogen-bond donors (Lipinski definition) is 1. The molecule has 2 heterocycles. The number of aromatic nitrogens is 3. The maximum atomic E-state index is 12.0. The summed E-state index contributed by atoms with van der Waals surface area (Å²) in [6.07, 6.45) is 2.59. The van der Waals surface area contributed by atoms with Crippen molar-refractivity contribution < 1.29 is 14.0 Å². The van der Waals surface area contributed by atoms with Crippen LogP contribution in [-0.2, 0) is 11.2 Å². The normalized spacial score (nSPS) is 10.7. The van der Waals surface area contributed by atoms with Crippen LogP contribution in [0.15, 0.2) is 57.1 Å².